The minimum absolute atomic E-state index is 0.0191. The Labute approximate surface area is 359 Å². The van der Waals surface area contributed by atoms with Crippen LogP contribution in [0.2, 0.25) is 5.02 Å². The molecular formula is C44H43ClF3N9O5. The number of amides is 2. The van der Waals surface area contributed by atoms with E-state index in [0.717, 1.165) is 40.5 Å². The fourth-order valence-corrected chi connectivity index (χ4v) is 8.28. The van der Waals surface area contributed by atoms with E-state index in [2.05, 4.69) is 15.3 Å². The fourth-order valence-electron chi connectivity index (χ4n) is 8.05. The first-order chi connectivity index (χ1) is 29.5. The van der Waals surface area contributed by atoms with Crippen molar-refractivity contribution in [1.29, 1.82) is 0 Å². The highest BCUT2D eigenvalue weighted by Gasteiger charge is 2.35. The normalized spacial score (nSPS) is 14.9. The molecule has 2 amide bonds. The molecule has 1 saturated heterocycles. The summed E-state index contributed by atoms with van der Waals surface area (Å²) in [5.41, 5.74) is 3.99. The van der Waals surface area contributed by atoms with E-state index >= 15 is 0 Å². The quantitative estimate of drug-likeness (QED) is 0.151. The lowest BCUT2D eigenvalue weighted by Gasteiger charge is -2.36. The van der Waals surface area contributed by atoms with Crippen LogP contribution in [-0.4, -0.2) is 72.0 Å². The predicted octanol–water partition coefficient (Wildman–Crippen LogP) is 7.14. The minimum Gasteiger partial charge on any atom is -0.485 e. The second-order valence-corrected chi connectivity index (χ2v) is 16.1. The summed E-state index contributed by atoms with van der Waals surface area (Å²) in [6, 6.07) is 16.1. The van der Waals surface area contributed by atoms with Crippen molar-refractivity contribution in [2.45, 2.75) is 72.6 Å². The predicted molar refractivity (Wildman–Crippen MR) is 225 cm³/mol. The van der Waals surface area contributed by atoms with Gasteiger partial charge in [-0.3, -0.25) is 14.4 Å². The van der Waals surface area contributed by atoms with E-state index in [4.69, 9.17) is 31.2 Å². The zero-order valence-corrected chi connectivity index (χ0v) is 35.4. The summed E-state index contributed by atoms with van der Waals surface area (Å²) in [5, 5.41) is 7.06. The molecular weight excluding hydrogens is 827 g/mol. The SMILES string of the molecule is CCc1c(N2CCN(C(=O)c3ncnc(C)c3OCc3ccccc3)CC2)c(=O)n2nc(-c3ccc4c(c3C)COC4(C)C)nc2n1CC(=O)Nc1ccc(C(F)(F)F)cc1Cl. The lowest BCUT2D eigenvalue weighted by Crippen LogP contribution is -2.51. The smallest absolute Gasteiger partial charge is 0.416 e. The van der Waals surface area contributed by atoms with E-state index in [0.29, 0.717) is 23.6 Å². The lowest BCUT2D eigenvalue weighted by molar-refractivity contribution is -0.137. The molecule has 5 heterocycles. The number of aryl methyl sites for hydroxylation is 1. The Bertz CT molecular complexity index is 2780. The van der Waals surface area contributed by atoms with Gasteiger partial charge in [-0.05, 0) is 74.6 Å². The Balaban J connectivity index is 1.13. The van der Waals surface area contributed by atoms with Gasteiger partial charge >= 0.3 is 6.18 Å². The highest BCUT2D eigenvalue weighted by Crippen LogP contribution is 2.40. The molecule has 3 aromatic heterocycles. The van der Waals surface area contributed by atoms with Gasteiger partial charge in [0, 0.05) is 31.7 Å². The van der Waals surface area contributed by atoms with Crippen LogP contribution in [0, 0.1) is 13.8 Å². The number of ether oxygens (including phenoxy) is 2. The zero-order chi connectivity index (χ0) is 44.1. The second kappa shape index (κ2) is 16.5. The molecule has 1 N–H and O–H groups in total. The number of aromatic nitrogens is 6. The summed E-state index contributed by atoms with van der Waals surface area (Å²) in [6.07, 6.45) is -3.02. The Kier molecular flexibility index (Phi) is 11.3. The Morgan fingerprint density at radius 1 is 1.00 bits per heavy atom. The number of halogens is 4. The van der Waals surface area contributed by atoms with Crippen LogP contribution in [0.15, 0.2) is 71.8 Å². The molecule has 0 bridgehead atoms. The van der Waals surface area contributed by atoms with Crippen LogP contribution < -0.4 is 20.5 Å². The van der Waals surface area contributed by atoms with Crippen molar-refractivity contribution in [3.63, 3.8) is 0 Å². The number of nitrogens with zero attached hydrogens (tertiary/aromatic N) is 8. The maximum Gasteiger partial charge on any atom is 0.416 e. The highest BCUT2D eigenvalue weighted by molar-refractivity contribution is 6.33. The van der Waals surface area contributed by atoms with E-state index in [1.165, 1.54) is 10.8 Å². The van der Waals surface area contributed by atoms with E-state index in [-0.39, 0.29) is 84.6 Å². The number of anilines is 2. The molecule has 0 aliphatic carbocycles. The van der Waals surface area contributed by atoms with Crippen LogP contribution in [0.1, 0.15) is 70.5 Å². The van der Waals surface area contributed by atoms with Crippen LogP contribution in [0.5, 0.6) is 5.75 Å². The lowest BCUT2D eigenvalue weighted by atomic mass is 9.91. The molecule has 0 radical (unpaired) electrons. The van der Waals surface area contributed by atoms with Crippen molar-refractivity contribution in [2.24, 2.45) is 0 Å². The number of carbonyl (C=O) groups is 2. The van der Waals surface area contributed by atoms with Crippen molar-refractivity contribution in [1.82, 2.24) is 34.0 Å². The molecule has 2 aliphatic rings. The molecule has 0 saturated carbocycles. The van der Waals surface area contributed by atoms with Crippen molar-refractivity contribution in [3.8, 4) is 17.1 Å². The average molecular weight is 870 g/mol. The molecule has 0 unspecified atom stereocenters. The standard InChI is InChI=1S/C44H43ClF3N9O5/c1-6-34-37(54-16-18-55(19-17-54)40(59)36-38(26(3)49-24-50-36)61-22-27-10-8-7-9-11-27)41(60)57-42(52-39(53-57)29-13-14-31-30(25(29)2)23-62-43(31,4)5)56(34)21-35(58)51-33-15-12-28(20-32(33)45)44(46,47)48/h7-15,20,24H,6,16-19,21-23H2,1-5H3,(H,51,58). The summed E-state index contributed by atoms with van der Waals surface area (Å²) < 4.78 is 55.0. The molecule has 1 fully saturated rings. The molecule has 8 rings (SSSR count). The molecule has 0 atom stereocenters. The topological polar surface area (TPSA) is 149 Å². The van der Waals surface area contributed by atoms with Gasteiger partial charge in [-0.15, -0.1) is 5.10 Å². The van der Waals surface area contributed by atoms with Gasteiger partial charge in [0.05, 0.1) is 39.9 Å². The first kappa shape index (κ1) is 42.4. The van der Waals surface area contributed by atoms with Crippen LogP contribution >= 0.6 is 11.6 Å². The summed E-state index contributed by atoms with van der Waals surface area (Å²) in [4.78, 5) is 59.4. The number of benzene rings is 3. The molecule has 322 valence electrons. The third kappa shape index (κ3) is 7.97. The van der Waals surface area contributed by atoms with E-state index in [9.17, 15) is 27.6 Å². The molecule has 2 aliphatic heterocycles. The van der Waals surface area contributed by atoms with Gasteiger partial charge in [0.1, 0.15) is 25.2 Å². The van der Waals surface area contributed by atoms with E-state index < -0.39 is 35.4 Å². The second-order valence-electron chi connectivity index (χ2n) is 15.7. The van der Waals surface area contributed by atoms with Crippen LogP contribution in [-0.2, 0) is 47.5 Å². The van der Waals surface area contributed by atoms with Gasteiger partial charge in [0.25, 0.3) is 11.5 Å². The molecule has 18 heteroatoms. The highest BCUT2D eigenvalue weighted by atomic mass is 35.5. The summed E-state index contributed by atoms with van der Waals surface area (Å²) >= 11 is 6.21. The minimum atomic E-state index is -4.63. The number of fused-ring (bicyclic) bond motifs is 2. The Hall–Kier alpha value is -6.33. The van der Waals surface area contributed by atoms with Crippen LogP contribution in [0.25, 0.3) is 17.2 Å². The number of nitrogens with one attached hydrogen (secondary N) is 1. The monoisotopic (exact) mass is 869 g/mol. The number of piperazine rings is 1. The molecule has 62 heavy (non-hydrogen) atoms. The summed E-state index contributed by atoms with van der Waals surface area (Å²) in [7, 11) is 0. The number of alkyl halides is 3. The largest absolute Gasteiger partial charge is 0.485 e. The maximum absolute atomic E-state index is 14.7. The Morgan fingerprint density at radius 2 is 1.74 bits per heavy atom. The van der Waals surface area contributed by atoms with Crippen molar-refractivity contribution in [3.05, 3.63) is 127 Å². The number of hydrogen-bond acceptors (Lipinski definition) is 10. The van der Waals surface area contributed by atoms with Crippen LogP contribution in [0.3, 0.4) is 0 Å². The maximum atomic E-state index is 14.7. The first-order valence-corrected chi connectivity index (χ1v) is 20.4. The summed E-state index contributed by atoms with van der Waals surface area (Å²) in [6.45, 7) is 10.7. The molecule has 0 spiro atoms. The number of hydrogen-bond donors (Lipinski definition) is 1. The number of rotatable bonds is 10. The number of carbonyl (C=O) groups excluding carboxylic acids is 2. The van der Waals surface area contributed by atoms with Gasteiger partial charge in [0.2, 0.25) is 11.7 Å². The third-order valence-corrected chi connectivity index (χ3v) is 11.7. The van der Waals surface area contributed by atoms with Gasteiger partial charge in [-0.25, -0.2) is 9.97 Å². The van der Waals surface area contributed by atoms with Gasteiger partial charge in [0.15, 0.2) is 17.3 Å². The van der Waals surface area contributed by atoms with Crippen molar-refractivity contribution < 1.29 is 32.2 Å². The van der Waals surface area contributed by atoms with Gasteiger partial charge in [-0.2, -0.15) is 22.7 Å². The summed E-state index contributed by atoms with van der Waals surface area (Å²) in [5.74, 6) is -0.340. The van der Waals surface area contributed by atoms with E-state index in [1.807, 2.05) is 75.1 Å². The molecule has 6 aromatic rings. The Morgan fingerprint density at radius 3 is 2.44 bits per heavy atom. The van der Waals surface area contributed by atoms with E-state index in [1.54, 1.807) is 16.4 Å². The third-order valence-electron chi connectivity index (χ3n) is 11.4. The molecule has 3 aromatic carbocycles. The average Bonchev–Trinajstić information content (AvgIpc) is 3.83. The fraction of sp³-hybridized carbons (Fsp3) is 0.341. The van der Waals surface area contributed by atoms with Gasteiger partial charge < -0.3 is 29.2 Å². The molecule has 14 nitrogen and oxygen atoms in total. The van der Waals surface area contributed by atoms with Gasteiger partial charge in [-0.1, -0.05) is 61.0 Å². The van der Waals surface area contributed by atoms with Crippen molar-refractivity contribution in [2.75, 3.05) is 36.4 Å². The van der Waals surface area contributed by atoms with Crippen molar-refractivity contribution >= 4 is 40.6 Å². The zero-order valence-electron chi connectivity index (χ0n) is 34.6. The first-order valence-electron chi connectivity index (χ1n) is 20.0. The van der Waals surface area contributed by atoms with Crippen LogP contribution in [0.4, 0.5) is 24.5 Å².